The maximum absolute atomic E-state index is 10.3. The van der Waals surface area contributed by atoms with Gasteiger partial charge in [0.25, 0.3) is 0 Å². The molecule has 0 aromatic carbocycles. The van der Waals surface area contributed by atoms with E-state index in [1.165, 1.54) is 7.11 Å². The van der Waals surface area contributed by atoms with Crippen molar-refractivity contribution >= 4 is 33.5 Å². The van der Waals surface area contributed by atoms with E-state index in [0.29, 0.717) is 0 Å². The van der Waals surface area contributed by atoms with Gasteiger partial charge in [0.1, 0.15) is 4.48 Å². The number of rotatable bonds is 1. The van der Waals surface area contributed by atoms with E-state index in [4.69, 9.17) is 11.6 Å². The molecule has 0 rings (SSSR count). The van der Waals surface area contributed by atoms with Crippen LogP contribution in [0.25, 0.3) is 0 Å². The topological polar surface area (TPSA) is 26.3 Å². The molecule has 0 saturated heterocycles. The molecule has 46 valence electrons. The summed E-state index contributed by atoms with van der Waals surface area (Å²) in [6, 6.07) is 0. The second kappa shape index (κ2) is 3.92. The van der Waals surface area contributed by atoms with E-state index in [9.17, 15) is 4.79 Å². The highest BCUT2D eigenvalue weighted by molar-refractivity contribution is 9.12. The fraction of sp³-hybridized carbons (Fsp3) is 0.250. The lowest BCUT2D eigenvalue weighted by molar-refractivity contribution is -0.135. The molecule has 0 unspecified atom stereocenters. The van der Waals surface area contributed by atoms with Crippen LogP contribution in [0.4, 0.5) is 0 Å². The van der Waals surface area contributed by atoms with Crippen LogP contribution in [0.1, 0.15) is 0 Å². The van der Waals surface area contributed by atoms with E-state index >= 15 is 0 Å². The summed E-state index contributed by atoms with van der Waals surface area (Å²) in [5.74, 6) is -0.472. The van der Waals surface area contributed by atoms with Crippen molar-refractivity contribution in [3.63, 3.8) is 0 Å². The lowest BCUT2D eigenvalue weighted by Crippen LogP contribution is -1.97. The molecule has 0 saturated carbocycles. The summed E-state index contributed by atoms with van der Waals surface area (Å²) in [7, 11) is 1.28. The van der Waals surface area contributed by atoms with Gasteiger partial charge >= 0.3 is 5.97 Å². The van der Waals surface area contributed by atoms with Gasteiger partial charge in [-0.2, -0.15) is 0 Å². The molecule has 0 atom stereocenters. The Balaban J connectivity index is 3.83. The third kappa shape index (κ3) is 2.33. The van der Waals surface area contributed by atoms with Crippen LogP contribution >= 0.6 is 27.5 Å². The molecule has 0 aromatic rings. The molecule has 0 aliphatic carbocycles. The molecule has 0 spiro atoms. The first-order valence-corrected chi connectivity index (χ1v) is 2.99. The minimum atomic E-state index is -0.472. The Labute approximate surface area is 60.6 Å². The van der Waals surface area contributed by atoms with E-state index < -0.39 is 5.97 Å². The molecule has 0 amide bonds. The first kappa shape index (κ1) is 7.98. The largest absolute Gasteiger partial charge is 0.465 e. The number of hydrogen-bond donors (Lipinski definition) is 0. The summed E-state index contributed by atoms with van der Waals surface area (Å²) in [5, 5.41) is 0. The average molecular weight is 199 g/mol. The molecule has 0 fully saturated rings. The van der Waals surface area contributed by atoms with Crippen molar-refractivity contribution in [3.05, 3.63) is 10.0 Å². The summed E-state index contributed by atoms with van der Waals surface area (Å²) < 4.78 is 4.49. The molecule has 0 N–H and O–H groups in total. The van der Waals surface area contributed by atoms with Crippen LogP contribution in [-0.4, -0.2) is 13.1 Å². The molecule has 0 bridgehead atoms. The number of hydrogen-bond acceptors (Lipinski definition) is 2. The van der Waals surface area contributed by atoms with Crippen molar-refractivity contribution in [2.24, 2.45) is 0 Å². The van der Waals surface area contributed by atoms with Crippen molar-refractivity contribution < 1.29 is 9.53 Å². The third-order valence-corrected chi connectivity index (χ3v) is 1.51. The first-order chi connectivity index (χ1) is 3.72. The maximum atomic E-state index is 10.3. The van der Waals surface area contributed by atoms with Crippen LogP contribution in [0.15, 0.2) is 10.0 Å². The molecule has 0 radical (unpaired) electrons. The van der Waals surface area contributed by atoms with E-state index in [-0.39, 0.29) is 4.48 Å². The Morgan fingerprint density at radius 2 is 2.38 bits per heavy atom. The van der Waals surface area contributed by atoms with Gasteiger partial charge in [-0.3, -0.25) is 0 Å². The lowest BCUT2D eigenvalue weighted by Gasteiger charge is -1.91. The van der Waals surface area contributed by atoms with Gasteiger partial charge in [0.2, 0.25) is 0 Å². The van der Waals surface area contributed by atoms with Crippen LogP contribution in [0.3, 0.4) is 0 Å². The first-order valence-electron chi connectivity index (χ1n) is 1.76. The quantitative estimate of drug-likeness (QED) is 0.474. The average Bonchev–Trinajstić information content (AvgIpc) is 1.84. The Morgan fingerprint density at radius 3 is 2.50 bits per heavy atom. The Bertz CT molecular complexity index is 121. The molecule has 4 heteroatoms. The van der Waals surface area contributed by atoms with Gasteiger partial charge in [-0.25, -0.2) is 4.79 Å². The SMILES string of the molecule is COC(=O)/C(Br)=C/Cl. The standard InChI is InChI=1S/C4H4BrClO2/c1-8-4(7)3(5)2-6/h2H,1H3/b3-2-. The highest BCUT2D eigenvalue weighted by Crippen LogP contribution is 2.06. The summed E-state index contributed by atoms with van der Waals surface area (Å²) >= 11 is 7.97. The molecular weight excluding hydrogens is 195 g/mol. The van der Waals surface area contributed by atoms with Crippen molar-refractivity contribution in [1.82, 2.24) is 0 Å². The van der Waals surface area contributed by atoms with Crippen molar-refractivity contribution in [3.8, 4) is 0 Å². The van der Waals surface area contributed by atoms with Crippen LogP contribution in [-0.2, 0) is 9.53 Å². The molecule has 0 aliphatic rings. The Kier molecular flexibility index (Phi) is 3.91. The van der Waals surface area contributed by atoms with Gasteiger partial charge in [0.05, 0.1) is 7.11 Å². The van der Waals surface area contributed by atoms with Gasteiger partial charge in [-0.15, -0.1) is 0 Å². The third-order valence-electron chi connectivity index (χ3n) is 0.476. The Hall–Kier alpha value is -0.0200. The van der Waals surface area contributed by atoms with Gasteiger partial charge in [-0.1, -0.05) is 11.6 Å². The van der Waals surface area contributed by atoms with Crippen LogP contribution < -0.4 is 0 Å². The molecule has 2 nitrogen and oxygen atoms in total. The van der Waals surface area contributed by atoms with Crippen LogP contribution in [0, 0.1) is 0 Å². The molecular formula is C4H4BrClO2. The molecule has 0 aromatic heterocycles. The number of methoxy groups -OCH3 is 1. The molecule has 0 heterocycles. The van der Waals surface area contributed by atoms with Crippen molar-refractivity contribution in [2.45, 2.75) is 0 Å². The number of carbonyl (C=O) groups excluding carboxylic acids is 1. The fourth-order valence-electron chi connectivity index (χ4n) is 0.142. The smallest absolute Gasteiger partial charge is 0.345 e. The summed E-state index contributed by atoms with van der Waals surface area (Å²) in [4.78, 5) is 10.3. The predicted molar refractivity (Wildman–Crippen MR) is 34.9 cm³/mol. The Morgan fingerprint density at radius 1 is 1.88 bits per heavy atom. The second-order valence-electron chi connectivity index (χ2n) is 0.949. The molecule has 0 aliphatic heterocycles. The van der Waals surface area contributed by atoms with Crippen molar-refractivity contribution in [1.29, 1.82) is 0 Å². The minimum absolute atomic E-state index is 0.224. The zero-order chi connectivity index (χ0) is 6.57. The number of carbonyl (C=O) groups is 1. The zero-order valence-corrected chi connectivity index (χ0v) is 6.49. The lowest BCUT2D eigenvalue weighted by atomic mass is 10.7. The van der Waals surface area contributed by atoms with Gasteiger partial charge in [0.15, 0.2) is 0 Å². The van der Waals surface area contributed by atoms with Gasteiger partial charge in [-0.05, 0) is 15.9 Å². The van der Waals surface area contributed by atoms with E-state index in [0.717, 1.165) is 5.54 Å². The fourth-order valence-corrected chi connectivity index (χ4v) is 0.393. The summed E-state index contributed by atoms with van der Waals surface area (Å²) in [6.07, 6.45) is 0. The number of esters is 1. The molecule has 8 heavy (non-hydrogen) atoms. The monoisotopic (exact) mass is 198 g/mol. The van der Waals surface area contributed by atoms with Gasteiger partial charge in [0, 0.05) is 5.54 Å². The normalized spacial score (nSPS) is 11.1. The predicted octanol–water partition coefficient (Wildman–Crippen LogP) is 1.63. The van der Waals surface area contributed by atoms with Gasteiger partial charge < -0.3 is 4.74 Å². The summed E-state index contributed by atoms with van der Waals surface area (Å²) in [5.41, 5.74) is 1.10. The number of halogens is 2. The van der Waals surface area contributed by atoms with Crippen LogP contribution in [0.2, 0.25) is 0 Å². The number of ether oxygens (including phenoxy) is 1. The van der Waals surface area contributed by atoms with Crippen molar-refractivity contribution in [2.75, 3.05) is 7.11 Å². The maximum Gasteiger partial charge on any atom is 0.345 e. The van der Waals surface area contributed by atoms with E-state index in [1.54, 1.807) is 0 Å². The van der Waals surface area contributed by atoms with E-state index in [2.05, 4.69) is 20.7 Å². The minimum Gasteiger partial charge on any atom is -0.465 e. The zero-order valence-electron chi connectivity index (χ0n) is 4.15. The highest BCUT2D eigenvalue weighted by atomic mass is 79.9. The second-order valence-corrected chi connectivity index (χ2v) is 2.02. The highest BCUT2D eigenvalue weighted by Gasteiger charge is 2.01. The summed E-state index contributed by atoms with van der Waals surface area (Å²) in [6.45, 7) is 0. The van der Waals surface area contributed by atoms with E-state index in [1.807, 2.05) is 0 Å². The van der Waals surface area contributed by atoms with Crippen LogP contribution in [0.5, 0.6) is 0 Å².